The molecule has 0 saturated carbocycles. The van der Waals surface area contributed by atoms with Crippen LogP contribution in [0.5, 0.6) is 5.88 Å². The number of aromatic nitrogens is 4. The molecule has 0 radical (unpaired) electrons. The van der Waals surface area contributed by atoms with Gasteiger partial charge in [-0.1, -0.05) is 11.8 Å². The lowest BCUT2D eigenvalue weighted by Crippen LogP contribution is -2.23. The number of rotatable bonds is 5. The van der Waals surface area contributed by atoms with Crippen LogP contribution >= 0.6 is 11.8 Å². The Labute approximate surface area is 182 Å². The van der Waals surface area contributed by atoms with Crippen molar-refractivity contribution in [3.8, 4) is 17.1 Å². The molecule has 0 bridgehead atoms. The maximum absolute atomic E-state index is 13.3. The summed E-state index contributed by atoms with van der Waals surface area (Å²) in [6.45, 7) is 1.27. The van der Waals surface area contributed by atoms with E-state index in [1.807, 2.05) is 12.1 Å². The highest BCUT2D eigenvalue weighted by Crippen LogP contribution is 2.37. The smallest absolute Gasteiger partial charge is 0.234 e. The Morgan fingerprint density at radius 2 is 2.00 bits per heavy atom. The van der Waals surface area contributed by atoms with Crippen LogP contribution in [0.25, 0.3) is 22.4 Å². The average molecular weight is 438 g/mol. The Morgan fingerprint density at radius 3 is 2.74 bits per heavy atom. The molecule has 31 heavy (non-hydrogen) atoms. The van der Waals surface area contributed by atoms with E-state index in [0.29, 0.717) is 24.5 Å². The van der Waals surface area contributed by atoms with E-state index >= 15 is 0 Å². The quantitative estimate of drug-likeness (QED) is 0.490. The number of fused-ring (bicyclic) bond motifs is 1. The van der Waals surface area contributed by atoms with Gasteiger partial charge in [-0.05, 0) is 42.8 Å². The number of methoxy groups -OCH3 is 1. The van der Waals surface area contributed by atoms with E-state index in [1.165, 1.54) is 23.9 Å². The first-order valence-electron chi connectivity index (χ1n) is 9.85. The molecule has 7 nitrogen and oxygen atoms in total. The van der Waals surface area contributed by atoms with Crippen LogP contribution in [0.2, 0.25) is 0 Å². The van der Waals surface area contributed by atoms with Crippen molar-refractivity contribution in [1.82, 2.24) is 19.9 Å². The largest absolute Gasteiger partial charge is 0.480 e. The summed E-state index contributed by atoms with van der Waals surface area (Å²) in [5, 5.41) is 10.0. The van der Waals surface area contributed by atoms with E-state index in [-0.39, 0.29) is 11.9 Å². The summed E-state index contributed by atoms with van der Waals surface area (Å²) in [5.74, 6) is 0.959. The zero-order valence-corrected chi connectivity index (χ0v) is 17.6. The van der Waals surface area contributed by atoms with Crippen LogP contribution in [0.1, 0.15) is 6.42 Å². The summed E-state index contributed by atoms with van der Waals surface area (Å²) in [5.41, 5.74) is 3.06. The minimum Gasteiger partial charge on any atom is -0.480 e. The number of β-amino-alcohol motifs (C(OH)–C–C–N with tert-alkyl or cyclic N) is 1. The third kappa shape index (κ3) is 4.06. The molecular formula is C22H20FN5O2S. The van der Waals surface area contributed by atoms with Crippen molar-refractivity contribution in [3.63, 3.8) is 0 Å². The van der Waals surface area contributed by atoms with Gasteiger partial charge in [0.15, 0.2) is 5.65 Å². The van der Waals surface area contributed by atoms with Crippen molar-refractivity contribution in [1.29, 1.82) is 0 Å². The Hall–Kier alpha value is -3.17. The van der Waals surface area contributed by atoms with Crippen LogP contribution in [-0.2, 0) is 0 Å². The molecule has 1 aromatic carbocycles. The minimum absolute atomic E-state index is 0.264. The molecule has 0 spiro atoms. The molecule has 9 heteroatoms. The monoisotopic (exact) mass is 437 g/mol. The number of halogens is 1. The Morgan fingerprint density at radius 1 is 1.16 bits per heavy atom. The zero-order chi connectivity index (χ0) is 21.4. The summed E-state index contributed by atoms with van der Waals surface area (Å²) < 4.78 is 18.4. The molecule has 0 amide bonds. The lowest BCUT2D eigenvalue weighted by Gasteiger charge is -2.20. The third-order valence-corrected chi connectivity index (χ3v) is 6.13. The number of aliphatic hydroxyl groups is 1. The highest BCUT2D eigenvalue weighted by atomic mass is 32.2. The van der Waals surface area contributed by atoms with Gasteiger partial charge in [0.1, 0.15) is 17.2 Å². The Kier molecular flexibility index (Phi) is 5.21. The van der Waals surface area contributed by atoms with E-state index in [9.17, 15) is 9.50 Å². The molecule has 1 saturated heterocycles. The first kappa shape index (κ1) is 19.8. The Bertz CT molecular complexity index is 1230. The lowest BCUT2D eigenvalue weighted by atomic mass is 10.2. The maximum atomic E-state index is 13.3. The summed E-state index contributed by atoms with van der Waals surface area (Å²) in [4.78, 5) is 20.8. The first-order chi connectivity index (χ1) is 15.1. The number of hydrogen-bond donors (Lipinski definition) is 2. The lowest BCUT2D eigenvalue weighted by molar-refractivity contribution is 0.198. The predicted octanol–water partition coefficient (Wildman–Crippen LogP) is 3.89. The van der Waals surface area contributed by atoms with E-state index < -0.39 is 0 Å². The highest BCUT2D eigenvalue weighted by Gasteiger charge is 2.25. The van der Waals surface area contributed by atoms with Crippen LogP contribution in [0.4, 0.5) is 10.2 Å². The fraction of sp³-hybridized carbons (Fsp3) is 0.227. The number of pyridine rings is 1. The van der Waals surface area contributed by atoms with Crippen LogP contribution < -0.4 is 9.64 Å². The van der Waals surface area contributed by atoms with Crippen LogP contribution in [0.3, 0.4) is 0 Å². The van der Waals surface area contributed by atoms with E-state index in [0.717, 1.165) is 38.9 Å². The summed E-state index contributed by atoms with van der Waals surface area (Å²) >= 11 is 1.51. The molecule has 1 unspecified atom stereocenters. The first-order valence-corrected chi connectivity index (χ1v) is 10.7. The second-order valence-electron chi connectivity index (χ2n) is 7.32. The fourth-order valence-corrected chi connectivity index (χ4v) is 4.47. The number of hydrogen-bond acceptors (Lipinski definition) is 7. The van der Waals surface area contributed by atoms with Crippen molar-refractivity contribution < 1.29 is 14.2 Å². The van der Waals surface area contributed by atoms with E-state index in [1.54, 1.807) is 31.6 Å². The molecule has 0 aliphatic carbocycles. The number of ether oxygens (including phenoxy) is 1. The second-order valence-corrected chi connectivity index (χ2v) is 8.46. The third-order valence-electron chi connectivity index (χ3n) is 5.17. The maximum Gasteiger partial charge on any atom is 0.234 e. The number of aliphatic hydroxyl groups excluding tert-OH is 1. The van der Waals surface area contributed by atoms with Gasteiger partial charge < -0.3 is 19.7 Å². The molecule has 1 aliphatic rings. The number of anilines is 1. The average Bonchev–Trinajstić information content (AvgIpc) is 3.41. The number of benzene rings is 1. The number of aromatic amines is 1. The van der Waals surface area contributed by atoms with Crippen LogP contribution in [0, 0.1) is 5.82 Å². The molecule has 1 atom stereocenters. The topological polar surface area (TPSA) is 87.2 Å². The van der Waals surface area contributed by atoms with Crippen molar-refractivity contribution in [2.45, 2.75) is 22.3 Å². The SMILES string of the molecule is COc1cnc2cc(-c3cc(Sc4ccc(F)cc4)cnc3N3CCC(O)C3)[nH]c2n1. The van der Waals surface area contributed by atoms with Crippen molar-refractivity contribution >= 4 is 28.7 Å². The predicted molar refractivity (Wildman–Crippen MR) is 117 cm³/mol. The summed E-state index contributed by atoms with van der Waals surface area (Å²) in [6.07, 6.45) is 3.73. The molecule has 1 fully saturated rings. The summed E-state index contributed by atoms with van der Waals surface area (Å²) in [6, 6.07) is 10.4. The second kappa shape index (κ2) is 8.16. The van der Waals surface area contributed by atoms with Crippen LogP contribution in [0.15, 0.2) is 58.6 Å². The highest BCUT2D eigenvalue weighted by molar-refractivity contribution is 7.99. The molecule has 1 aliphatic heterocycles. The molecular weight excluding hydrogens is 417 g/mol. The number of H-pyrrole nitrogens is 1. The van der Waals surface area contributed by atoms with Crippen molar-refractivity contribution in [2.24, 2.45) is 0 Å². The van der Waals surface area contributed by atoms with Gasteiger partial charge in [-0.3, -0.25) is 0 Å². The van der Waals surface area contributed by atoms with Gasteiger partial charge in [-0.2, -0.15) is 4.98 Å². The van der Waals surface area contributed by atoms with Crippen molar-refractivity contribution in [2.75, 3.05) is 25.1 Å². The van der Waals surface area contributed by atoms with E-state index in [2.05, 4.69) is 19.9 Å². The summed E-state index contributed by atoms with van der Waals surface area (Å²) in [7, 11) is 1.55. The molecule has 5 rings (SSSR count). The van der Waals surface area contributed by atoms with Gasteiger partial charge in [0.2, 0.25) is 5.88 Å². The normalized spacial score (nSPS) is 16.2. The van der Waals surface area contributed by atoms with Gasteiger partial charge in [0.05, 0.1) is 25.1 Å². The van der Waals surface area contributed by atoms with Gasteiger partial charge in [-0.25, -0.2) is 14.4 Å². The van der Waals surface area contributed by atoms with Crippen LogP contribution in [-0.4, -0.2) is 51.3 Å². The number of nitrogens with one attached hydrogen (secondary N) is 1. The fourth-order valence-electron chi connectivity index (χ4n) is 3.64. The molecule has 4 aromatic rings. The molecule has 4 heterocycles. The van der Waals surface area contributed by atoms with Gasteiger partial charge in [0, 0.05) is 34.6 Å². The minimum atomic E-state index is -0.363. The van der Waals surface area contributed by atoms with Crippen molar-refractivity contribution in [3.05, 3.63) is 54.6 Å². The molecule has 2 N–H and O–H groups in total. The standard InChI is InChI=1S/C22H20FN5O2S/c1-30-20-11-24-19-9-18(26-21(19)27-20)17-8-16(31-15-4-2-13(23)3-5-15)10-25-22(17)28-7-6-14(29)12-28/h2-5,8-11,14,29H,6-7,12H2,1H3,(H,26,27). The molecule has 158 valence electrons. The zero-order valence-electron chi connectivity index (χ0n) is 16.7. The van der Waals surface area contributed by atoms with Gasteiger partial charge in [0.25, 0.3) is 0 Å². The molecule has 3 aromatic heterocycles. The van der Waals surface area contributed by atoms with Gasteiger partial charge in [-0.15, -0.1) is 0 Å². The number of nitrogens with zero attached hydrogens (tertiary/aromatic N) is 4. The van der Waals surface area contributed by atoms with E-state index in [4.69, 9.17) is 9.72 Å². The van der Waals surface area contributed by atoms with Gasteiger partial charge >= 0.3 is 0 Å². The Balaban J connectivity index is 1.57.